The highest BCUT2D eigenvalue weighted by Gasteiger charge is 2.23. The van der Waals surface area contributed by atoms with Gasteiger partial charge in [-0.3, -0.25) is 4.40 Å². The minimum atomic E-state index is 0. The van der Waals surface area contributed by atoms with Crippen LogP contribution < -0.4 is 4.90 Å². The second-order valence-electron chi connectivity index (χ2n) is 7.15. The molecule has 5 nitrogen and oxygen atoms in total. The van der Waals surface area contributed by atoms with Crippen molar-refractivity contribution in [3.05, 3.63) is 41.5 Å². The first kappa shape index (κ1) is 18.5. The summed E-state index contributed by atoms with van der Waals surface area (Å²) in [5, 5.41) is 9.80. The van der Waals surface area contributed by atoms with Gasteiger partial charge in [-0.05, 0) is 36.7 Å². The van der Waals surface area contributed by atoms with Crippen LogP contribution in [0.3, 0.4) is 0 Å². The molecule has 1 aliphatic rings. The molecule has 0 saturated carbocycles. The van der Waals surface area contributed by atoms with Crippen LogP contribution in [0.1, 0.15) is 30.9 Å². The van der Waals surface area contributed by atoms with E-state index in [-0.39, 0.29) is 18.3 Å². The van der Waals surface area contributed by atoms with Crippen LogP contribution in [0, 0.1) is 11.3 Å². The van der Waals surface area contributed by atoms with E-state index in [0.29, 0.717) is 5.56 Å². The van der Waals surface area contributed by atoms with E-state index in [0.717, 1.165) is 54.2 Å². The number of nitriles is 1. The van der Waals surface area contributed by atoms with Crippen molar-refractivity contribution < 1.29 is 0 Å². The summed E-state index contributed by atoms with van der Waals surface area (Å²) >= 11 is 0. The minimum Gasteiger partial charge on any atom is -0.355 e. The van der Waals surface area contributed by atoms with Crippen molar-refractivity contribution in [3.63, 3.8) is 0 Å². The molecular weight excluding hydrogens is 346 g/mol. The van der Waals surface area contributed by atoms with Crippen LogP contribution in [0.25, 0.3) is 16.7 Å². The number of piperazine rings is 1. The van der Waals surface area contributed by atoms with Crippen molar-refractivity contribution in [1.82, 2.24) is 14.3 Å². The van der Waals surface area contributed by atoms with Gasteiger partial charge in [0.05, 0.1) is 16.6 Å². The van der Waals surface area contributed by atoms with Crippen LogP contribution in [-0.2, 0) is 0 Å². The Balaban J connectivity index is 0.00000196. The molecule has 26 heavy (non-hydrogen) atoms. The highest BCUT2D eigenvalue weighted by atomic mass is 35.5. The summed E-state index contributed by atoms with van der Waals surface area (Å²) in [5.41, 5.74) is 4.57. The number of imidazole rings is 1. The van der Waals surface area contributed by atoms with E-state index in [1.807, 2.05) is 18.2 Å². The predicted octanol–water partition coefficient (Wildman–Crippen LogP) is 3.66. The standard InChI is InChI=1S/C20H23N5.ClH/c1-14(2)15-12-19(24-10-8-23(3)9-11-24)25-18-7-5-4-6-17(18)22-20(25)16(15)13-21;/h4-7,12,14H,8-11H2,1-3H3;1H. The van der Waals surface area contributed by atoms with Gasteiger partial charge in [0.1, 0.15) is 11.9 Å². The number of halogens is 1. The second-order valence-corrected chi connectivity index (χ2v) is 7.15. The van der Waals surface area contributed by atoms with Crippen molar-refractivity contribution in [2.45, 2.75) is 19.8 Å². The van der Waals surface area contributed by atoms with Gasteiger partial charge in [-0.25, -0.2) is 4.98 Å². The highest BCUT2D eigenvalue weighted by molar-refractivity contribution is 5.86. The molecule has 3 heterocycles. The summed E-state index contributed by atoms with van der Waals surface area (Å²) in [6.07, 6.45) is 0. The van der Waals surface area contributed by atoms with Gasteiger partial charge in [-0.15, -0.1) is 12.4 Å². The Labute approximate surface area is 160 Å². The Morgan fingerprint density at radius 1 is 1.12 bits per heavy atom. The fourth-order valence-corrected chi connectivity index (χ4v) is 3.67. The van der Waals surface area contributed by atoms with E-state index in [9.17, 15) is 5.26 Å². The van der Waals surface area contributed by atoms with Crippen LogP contribution in [0.5, 0.6) is 0 Å². The fraction of sp³-hybridized carbons (Fsp3) is 0.400. The number of pyridine rings is 1. The molecule has 1 saturated heterocycles. The SMILES string of the molecule is CC(C)c1cc(N2CCN(C)CC2)n2c(nc3ccccc32)c1C#N.Cl. The Morgan fingerprint density at radius 3 is 2.46 bits per heavy atom. The van der Waals surface area contributed by atoms with E-state index in [4.69, 9.17) is 4.98 Å². The third-order valence-electron chi connectivity index (χ3n) is 5.15. The number of anilines is 1. The molecule has 6 heteroatoms. The second kappa shape index (κ2) is 7.14. The zero-order valence-corrected chi connectivity index (χ0v) is 16.3. The maximum Gasteiger partial charge on any atom is 0.157 e. The molecule has 4 rings (SSSR count). The molecule has 3 aromatic rings. The number of aromatic nitrogens is 2. The van der Waals surface area contributed by atoms with Crippen LogP contribution in [0.15, 0.2) is 30.3 Å². The number of hydrogen-bond acceptors (Lipinski definition) is 4. The van der Waals surface area contributed by atoms with Crippen molar-refractivity contribution in [2.24, 2.45) is 0 Å². The molecule has 1 aliphatic heterocycles. The van der Waals surface area contributed by atoms with Gasteiger partial charge in [0.2, 0.25) is 0 Å². The monoisotopic (exact) mass is 369 g/mol. The molecule has 0 bridgehead atoms. The van der Waals surface area contributed by atoms with Crippen LogP contribution in [-0.4, -0.2) is 47.5 Å². The summed E-state index contributed by atoms with van der Waals surface area (Å²) in [6, 6.07) is 12.8. The zero-order chi connectivity index (χ0) is 17.6. The highest BCUT2D eigenvalue weighted by Crippen LogP contribution is 2.32. The predicted molar refractivity (Wildman–Crippen MR) is 108 cm³/mol. The van der Waals surface area contributed by atoms with Gasteiger partial charge in [0.15, 0.2) is 5.65 Å². The average molecular weight is 370 g/mol. The molecule has 0 spiro atoms. The van der Waals surface area contributed by atoms with E-state index >= 15 is 0 Å². The third kappa shape index (κ3) is 2.90. The lowest BCUT2D eigenvalue weighted by Gasteiger charge is -2.35. The minimum absolute atomic E-state index is 0. The first-order chi connectivity index (χ1) is 12.1. The number of fused-ring (bicyclic) bond motifs is 3. The van der Waals surface area contributed by atoms with Crippen molar-refractivity contribution in [1.29, 1.82) is 5.26 Å². The van der Waals surface area contributed by atoms with Crippen molar-refractivity contribution in [3.8, 4) is 6.07 Å². The largest absolute Gasteiger partial charge is 0.355 e. The van der Waals surface area contributed by atoms with Gasteiger partial charge < -0.3 is 9.80 Å². The molecule has 136 valence electrons. The molecule has 1 aromatic carbocycles. The molecule has 0 unspecified atom stereocenters. The number of rotatable bonds is 2. The van der Waals surface area contributed by atoms with E-state index in [1.165, 1.54) is 0 Å². The zero-order valence-electron chi connectivity index (χ0n) is 15.4. The smallest absolute Gasteiger partial charge is 0.157 e. The average Bonchev–Trinajstić information content (AvgIpc) is 3.00. The van der Waals surface area contributed by atoms with Crippen LogP contribution in [0.2, 0.25) is 0 Å². The van der Waals surface area contributed by atoms with Gasteiger partial charge in [-0.1, -0.05) is 26.0 Å². The quantitative estimate of drug-likeness (QED) is 0.691. The Bertz CT molecular complexity index is 977. The molecule has 1 fully saturated rings. The van der Waals surface area contributed by atoms with Gasteiger partial charge in [0.25, 0.3) is 0 Å². The van der Waals surface area contributed by atoms with Crippen LogP contribution in [0.4, 0.5) is 5.82 Å². The first-order valence-electron chi connectivity index (χ1n) is 8.88. The summed E-state index contributed by atoms with van der Waals surface area (Å²) in [6.45, 7) is 8.35. The molecule has 2 aromatic heterocycles. The van der Waals surface area contributed by atoms with Gasteiger partial charge in [0, 0.05) is 26.2 Å². The molecule has 0 amide bonds. The topological polar surface area (TPSA) is 47.6 Å². The van der Waals surface area contributed by atoms with Gasteiger partial charge >= 0.3 is 0 Å². The molecule has 0 aliphatic carbocycles. The van der Waals surface area contributed by atoms with Crippen molar-refractivity contribution in [2.75, 3.05) is 38.1 Å². The van der Waals surface area contributed by atoms with Crippen molar-refractivity contribution >= 4 is 34.9 Å². The summed E-state index contributed by atoms with van der Waals surface area (Å²) in [4.78, 5) is 9.58. The number of para-hydroxylation sites is 2. The number of hydrogen-bond donors (Lipinski definition) is 0. The number of benzene rings is 1. The third-order valence-corrected chi connectivity index (χ3v) is 5.15. The molecule has 0 radical (unpaired) electrons. The lowest BCUT2D eigenvalue weighted by Crippen LogP contribution is -2.45. The Hall–Kier alpha value is -2.29. The van der Waals surface area contributed by atoms with E-state index < -0.39 is 0 Å². The maximum atomic E-state index is 9.80. The first-order valence-corrected chi connectivity index (χ1v) is 8.88. The lowest BCUT2D eigenvalue weighted by atomic mass is 9.98. The molecule has 0 atom stereocenters. The molecular formula is C20H24ClN5. The van der Waals surface area contributed by atoms with Gasteiger partial charge in [-0.2, -0.15) is 5.26 Å². The molecule has 0 N–H and O–H groups in total. The lowest BCUT2D eigenvalue weighted by molar-refractivity contribution is 0.312. The Kier molecular flexibility index (Phi) is 5.08. The summed E-state index contributed by atoms with van der Waals surface area (Å²) < 4.78 is 2.17. The Morgan fingerprint density at radius 2 is 1.81 bits per heavy atom. The fourth-order valence-electron chi connectivity index (χ4n) is 3.67. The van der Waals surface area contributed by atoms with E-state index in [1.54, 1.807) is 0 Å². The number of likely N-dealkylation sites (N-methyl/N-ethyl adjacent to an activating group) is 1. The maximum absolute atomic E-state index is 9.80. The normalized spacial score (nSPS) is 15.4. The van der Waals surface area contributed by atoms with Crippen LogP contribution >= 0.6 is 12.4 Å². The summed E-state index contributed by atoms with van der Waals surface area (Å²) in [5.74, 6) is 1.44. The summed E-state index contributed by atoms with van der Waals surface area (Å²) in [7, 11) is 2.16. The van der Waals surface area contributed by atoms with E-state index in [2.05, 4.69) is 53.3 Å². The number of nitrogens with zero attached hydrogens (tertiary/aromatic N) is 5.